The van der Waals surface area contributed by atoms with Gasteiger partial charge in [0.2, 0.25) is 0 Å². The van der Waals surface area contributed by atoms with E-state index in [0.29, 0.717) is 30.7 Å². The fraction of sp³-hybridized carbons (Fsp3) is 0.179. The van der Waals surface area contributed by atoms with Gasteiger partial charge in [-0.15, -0.1) is 0 Å². The number of aromatic nitrogens is 4. The molecule has 2 aromatic heterocycles. The van der Waals surface area contributed by atoms with Crippen molar-refractivity contribution in [2.24, 2.45) is 0 Å². The Balaban J connectivity index is 1.35. The van der Waals surface area contributed by atoms with Crippen LogP contribution in [0.3, 0.4) is 0 Å². The lowest BCUT2D eigenvalue weighted by Gasteiger charge is -2.06. The minimum absolute atomic E-state index is 0.0956. The van der Waals surface area contributed by atoms with Crippen LogP contribution in [0, 0.1) is 13.8 Å². The standard InChI is InChI=1S/C28H27N5O/c1-19-10-12-23(13-11-19)33-18-22(27(32-33)21-7-5-6-20(2)16-21)17-29-15-14-26-30-25-9-4-3-8-24(25)28(34)31-26/h3-13,16,18,29H,14-15,17H2,1-2H3,(H,30,31,34). The molecule has 5 aromatic rings. The molecule has 6 nitrogen and oxygen atoms in total. The van der Waals surface area contributed by atoms with E-state index in [0.717, 1.165) is 28.0 Å². The van der Waals surface area contributed by atoms with Crippen molar-refractivity contribution in [1.82, 2.24) is 25.1 Å². The summed E-state index contributed by atoms with van der Waals surface area (Å²) in [7, 11) is 0. The van der Waals surface area contributed by atoms with Crippen LogP contribution in [-0.2, 0) is 13.0 Å². The first-order chi connectivity index (χ1) is 16.6. The molecule has 0 aliphatic carbocycles. The zero-order chi connectivity index (χ0) is 23.5. The van der Waals surface area contributed by atoms with Gasteiger partial charge in [0.15, 0.2) is 0 Å². The van der Waals surface area contributed by atoms with E-state index in [1.807, 2.05) is 22.9 Å². The monoisotopic (exact) mass is 449 g/mol. The van der Waals surface area contributed by atoms with Crippen molar-refractivity contribution in [2.45, 2.75) is 26.8 Å². The van der Waals surface area contributed by atoms with Crippen molar-refractivity contribution in [1.29, 1.82) is 0 Å². The molecule has 0 aliphatic heterocycles. The van der Waals surface area contributed by atoms with Crippen LogP contribution in [0.1, 0.15) is 22.5 Å². The molecule has 0 saturated heterocycles. The number of nitrogens with zero attached hydrogens (tertiary/aromatic N) is 3. The van der Waals surface area contributed by atoms with Crippen LogP contribution in [0.25, 0.3) is 27.8 Å². The van der Waals surface area contributed by atoms with Crippen LogP contribution in [-0.4, -0.2) is 26.3 Å². The molecule has 0 bridgehead atoms. The van der Waals surface area contributed by atoms with E-state index >= 15 is 0 Å². The second kappa shape index (κ2) is 9.45. The Hall–Kier alpha value is -4.03. The second-order valence-corrected chi connectivity index (χ2v) is 8.61. The van der Waals surface area contributed by atoms with Gasteiger partial charge >= 0.3 is 0 Å². The maximum atomic E-state index is 12.3. The van der Waals surface area contributed by atoms with Crippen molar-refractivity contribution < 1.29 is 0 Å². The first-order valence-corrected chi connectivity index (χ1v) is 11.5. The third kappa shape index (κ3) is 4.67. The van der Waals surface area contributed by atoms with Crippen molar-refractivity contribution in [3.8, 4) is 16.9 Å². The summed E-state index contributed by atoms with van der Waals surface area (Å²) >= 11 is 0. The molecular weight excluding hydrogens is 422 g/mol. The van der Waals surface area contributed by atoms with Gasteiger partial charge in [0, 0.05) is 36.8 Å². The molecule has 170 valence electrons. The van der Waals surface area contributed by atoms with Gasteiger partial charge in [-0.3, -0.25) is 4.79 Å². The molecule has 0 fully saturated rings. The number of benzene rings is 3. The topological polar surface area (TPSA) is 75.6 Å². The summed E-state index contributed by atoms with van der Waals surface area (Å²) in [6.45, 7) is 5.52. The molecule has 5 rings (SSSR count). The molecule has 6 heteroatoms. The first kappa shape index (κ1) is 21.8. The molecule has 2 heterocycles. The predicted octanol–water partition coefficient (Wildman–Crippen LogP) is 4.72. The molecule has 34 heavy (non-hydrogen) atoms. The summed E-state index contributed by atoms with van der Waals surface area (Å²) in [5.41, 5.74) is 7.26. The number of aromatic amines is 1. The van der Waals surface area contributed by atoms with Crippen molar-refractivity contribution in [3.63, 3.8) is 0 Å². The van der Waals surface area contributed by atoms with Gasteiger partial charge in [0.05, 0.1) is 22.3 Å². The maximum Gasteiger partial charge on any atom is 0.258 e. The van der Waals surface area contributed by atoms with E-state index in [9.17, 15) is 4.79 Å². The van der Waals surface area contributed by atoms with Gasteiger partial charge in [-0.05, 0) is 44.2 Å². The normalized spacial score (nSPS) is 11.2. The van der Waals surface area contributed by atoms with E-state index < -0.39 is 0 Å². The molecule has 0 atom stereocenters. The lowest BCUT2D eigenvalue weighted by Crippen LogP contribution is -2.20. The number of nitrogens with one attached hydrogen (secondary N) is 2. The molecule has 0 spiro atoms. The Morgan fingerprint density at radius 3 is 2.59 bits per heavy atom. The zero-order valence-corrected chi connectivity index (χ0v) is 19.4. The Kier molecular flexibility index (Phi) is 6.06. The minimum Gasteiger partial charge on any atom is -0.312 e. The third-order valence-electron chi connectivity index (χ3n) is 5.90. The van der Waals surface area contributed by atoms with Gasteiger partial charge in [-0.25, -0.2) is 9.67 Å². The van der Waals surface area contributed by atoms with E-state index in [2.05, 4.69) is 83.9 Å². The van der Waals surface area contributed by atoms with Gasteiger partial charge in [-0.1, -0.05) is 53.6 Å². The Labute approximate surface area is 198 Å². The second-order valence-electron chi connectivity index (χ2n) is 8.61. The summed E-state index contributed by atoms with van der Waals surface area (Å²) in [5.74, 6) is 0.686. The predicted molar refractivity (Wildman–Crippen MR) is 136 cm³/mol. The number of aryl methyl sites for hydroxylation is 2. The molecule has 0 radical (unpaired) electrons. The average molecular weight is 450 g/mol. The first-order valence-electron chi connectivity index (χ1n) is 11.5. The smallest absolute Gasteiger partial charge is 0.258 e. The van der Waals surface area contributed by atoms with E-state index in [1.54, 1.807) is 6.07 Å². The van der Waals surface area contributed by atoms with Crippen LogP contribution in [0.15, 0.2) is 83.8 Å². The average Bonchev–Trinajstić information content (AvgIpc) is 3.27. The van der Waals surface area contributed by atoms with Gasteiger partial charge in [0.1, 0.15) is 5.82 Å². The van der Waals surface area contributed by atoms with Crippen LogP contribution in [0.5, 0.6) is 0 Å². The Bertz CT molecular complexity index is 1500. The SMILES string of the molecule is Cc1ccc(-n2cc(CNCCc3nc4ccccc4c(=O)[nH]3)c(-c3cccc(C)c3)n2)cc1. The lowest BCUT2D eigenvalue weighted by atomic mass is 10.1. The fourth-order valence-corrected chi connectivity index (χ4v) is 4.09. The summed E-state index contributed by atoms with van der Waals surface area (Å²) in [6.07, 6.45) is 2.72. The molecule has 0 saturated carbocycles. The zero-order valence-electron chi connectivity index (χ0n) is 19.4. The van der Waals surface area contributed by atoms with E-state index in [-0.39, 0.29) is 5.56 Å². The molecule has 3 aromatic carbocycles. The molecule has 0 unspecified atom stereocenters. The highest BCUT2D eigenvalue weighted by Gasteiger charge is 2.13. The van der Waals surface area contributed by atoms with Crippen LogP contribution >= 0.6 is 0 Å². The largest absolute Gasteiger partial charge is 0.312 e. The number of H-pyrrole nitrogens is 1. The van der Waals surface area contributed by atoms with Gasteiger partial charge < -0.3 is 10.3 Å². The Morgan fingerprint density at radius 1 is 0.941 bits per heavy atom. The van der Waals surface area contributed by atoms with Crippen molar-refractivity contribution in [2.75, 3.05) is 6.54 Å². The number of hydrogen-bond donors (Lipinski definition) is 2. The highest BCUT2D eigenvalue weighted by molar-refractivity contribution is 5.77. The summed E-state index contributed by atoms with van der Waals surface area (Å²) in [6, 6.07) is 24.2. The van der Waals surface area contributed by atoms with Crippen LogP contribution in [0.2, 0.25) is 0 Å². The molecular formula is C28H27N5O. The number of para-hydroxylation sites is 1. The van der Waals surface area contributed by atoms with E-state index in [4.69, 9.17) is 5.10 Å². The third-order valence-corrected chi connectivity index (χ3v) is 5.90. The molecule has 2 N–H and O–H groups in total. The lowest BCUT2D eigenvalue weighted by molar-refractivity contribution is 0.671. The summed E-state index contributed by atoms with van der Waals surface area (Å²) in [5, 5.41) is 9.04. The van der Waals surface area contributed by atoms with E-state index in [1.165, 1.54) is 11.1 Å². The maximum absolute atomic E-state index is 12.3. The summed E-state index contributed by atoms with van der Waals surface area (Å²) in [4.78, 5) is 19.8. The number of fused-ring (bicyclic) bond motifs is 1. The highest BCUT2D eigenvalue weighted by atomic mass is 16.1. The quantitative estimate of drug-likeness (QED) is 0.353. The highest BCUT2D eigenvalue weighted by Crippen LogP contribution is 2.25. The Morgan fingerprint density at radius 2 is 1.76 bits per heavy atom. The fourth-order valence-electron chi connectivity index (χ4n) is 4.09. The number of rotatable bonds is 7. The van der Waals surface area contributed by atoms with Gasteiger partial charge in [0.25, 0.3) is 5.56 Å². The number of hydrogen-bond acceptors (Lipinski definition) is 4. The summed E-state index contributed by atoms with van der Waals surface area (Å²) < 4.78 is 1.94. The van der Waals surface area contributed by atoms with Crippen LogP contribution in [0.4, 0.5) is 0 Å². The molecule has 0 aliphatic rings. The van der Waals surface area contributed by atoms with Crippen molar-refractivity contribution in [3.05, 3.63) is 112 Å². The minimum atomic E-state index is -0.0956. The van der Waals surface area contributed by atoms with Gasteiger partial charge in [-0.2, -0.15) is 5.10 Å². The molecule has 0 amide bonds. The van der Waals surface area contributed by atoms with Crippen LogP contribution < -0.4 is 10.9 Å². The van der Waals surface area contributed by atoms with Crippen molar-refractivity contribution >= 4 is 10.9 Å².